The predicted molar refractivity (Wildman–Crippen MR) is 60.6 cm³/mol. The molecule has 0 aromatic heterocycles. The number of ether oxygens (including phenoxy) is 1. The Bertz CT molecular complexity index is 219. The number of rotatable bonds is 4. The van der Waals surface area contributed by atoms with Gasteiger partial charge in [-0.2, -0.15) is 0 Å². The molecule has 1 rings (SSSR count). The molecule has 0 saturated carbocycles. The van der Waals surface area contributed by atoms with E-state index in [0.29, 0.717) is 6.04 Å². The molecule has 0 N–H and O–H groups in total. The normalized spacial score (nSPS) is 24.0. The van der Waals surface area contributed by atoms with Crippen LogP contribution in [0.1, 0.15) is 13.3 Å². The average molecular weight is 216 g/mol. The highest BCUT2D eigenvalue weighted by atomic mass is 35.5. The van der Waals surface area contributed by atoms with E-state index in [-0.39, 0.29) is 0 Å². The molecule has 1 fully saturated rings. The van der Waals surface area contributed by atoms with Gasteiger partial charge in [-0.1, -0.05) is 23.8 Å². The van der Waals surface area contributed by atoms with E-state index in [4.69, 9.17) is 16.3 Å². The fraction of sp³-hybridized carbons (Fsp3) is 0.636. The lowest BCUT2D eigenvalue weighted by Crippen LogP contribution is -2.31. The smallest absolute Gasteiger partial charge is 0.0622 e. The van der Waals surface area contributed by atoms with Crippen molar-refractivity contribution in [1.82, 2.24) is 4.90 Å². The number of likely N-dealkylation sites (N-methyl/N-ethyl adjacent to an activating group) is 1. The van der Waals surface area contributed by atoms with Gasteiger partial charge < -0.3 is 4.74 Å². The van der Waals surface area contributed by atoms with Gasteiger partial charge in [-0.3, -0.25) is 4.90 Å². The van der Waals surface area contributed by atoms with Crippen LogP contribution in [0.2, 0.25) is 0 Å². The zero-order valence-electron chi connectivity index (χ0n) is 8.87. The standard InChI is InChI=1S/C11H18ClNO/c1-3-10(12)5-4-7-13(2)11-6-8-14-9-11/h3-5,11H,6-9H2,1-2H3/b5-4+,10-3+/t11-/m0/s1. The van der Waals surface area contributed by atoms with Gasteiger partial charge in [-0.15, -0.1) is 0 Å². The maximum atomic E-state index is 5.84. The van der Waals surface area contributed by atoms with Crippen molar-refractivity contribution in [1.29, 1.82) is 0 Å². The Balaban J connectivity index is 2.26. The minimum absolute atomic E-state index is 0.573. The molecule has 1 saturated heterocycles. The largest absolute Gasteiger partial charge is 0.380 e. The van der Waals surface area contributed by atoms with Gasteiger partial charge in [0.25, 0.3) is 0 Å². The van der Waals surface area contributed by atoms with Crippen LogP contribution in [0, 0.1) is 0 Å². The minimum atomic E-state index is 0.573. The molecular formula is C11H18ClNO. The minimum Gasteiger partial charge on any atom is -0.380 e. The van der Waals surface area contributed by atoms with Gasteiger partial charge in [0, 0.05) is 24.2 Å². The highest BCUT2D eigenvalue weighted by molar-refractivity contribution is 6.31. The van der Waals surface area contributed by atoms with Gasteiger partial charge in [0.2, 0.25) is 0 Å². The Morgan fingerprint density at radius 2 is 2.43 bits per heavy atom. The van der Waals surface area contributed by atoms with Gasteiger partial charge in [0.15, 0.2) is 0 Å². The summed E-state index contributed by atoms with van der Waals surface area (Å²) in [4.78, 5) is 2.29. The highest BCUT2D eigenvalue weighted by Crippen LogP contribution is 2.10. The van der Waals surface area contributed by atoms with Crippen molar-refractivity contribution in [3.63, 3.8) is 0 Å². The van der Waals surface area contributed by atoms with Crippen molar-refractivity contribution in [2.24, 2.45) is 0 Å². The molecule has 0 aliphatic carbocycles. The van der Waals surface area contributed by atoms with Crippen LogP contribution >= 0.6 is 11.6 Å². The second kappa shape index (κ2) is 6.23. The molecule has 1 aliphatic rings. The van der Waals surface area contributed by atoms with Crippen molar-refractivity contribution in [3.05, 3.63) is 23.3 Å². The topological polar surface area (TPSA) is 12.5 Å². The second-order valence-electron chi connectivity index (χ2n) is 3.53. The molecule has 0 aromatic carbocycles. The molecule has 14 heavy (non-hydrogen) atoms. The first-order valence-corrected chi connectivity index (χ1v) is 5.38. The van der Waals surface area contributed by atoms with Gasteiger partial charge in [0.1, 0.15) is 0 Å². The van der Waals surface area contributed by atoms with E-state index in [1.165, 1.54) is 0 Å². The van der Waals surface area contributed by atoms with Crippen molar-refractivity contribution in [2.45, 2.75) is 19.4 Å². The Labute approximate surface area is 91.2 Å². The van der Waals surface area contributed by atoms with E-state index in [2.05, 4.69) is 18.0 Å². The zero-order valence-corrected chi connectivity index (χ0v) is 9.63. The SMILES string of the molecule is C/C=C(Cl)\C=C\CN(C)[C@H]1CCOC1. The highest BCUT2D eigenvalue weighted by Gasteiger charge is 2.18. The summed E-state index contributed by atoms with van der Waals surface area (Å²) in [7, 11) is 2.12. The summed E-state index contributed by atoms with van der Waals surface area (Å²) in [5.41, 5.74) is 0. The molecule has 80 valence electrons. The van der Waals surface area contributed by atoms with Crippen molar-refractivity contribution in [3.8, 4) is 0 Å². The molecule has 1 aliphatic heterocycles. The average Bonchev–Trinajstić information content (AvgIpc) is 2.70. The van der Waals surface area contributed by atoms with Crippen LogP contribution in [0.5, 0.6) is 0 Å². The quantitative estimate of drug-likeness (QED) is 0.668. The lowest BCUT2D eigenvalue weighted by atomic mass is 10.2. The number of halogens is 1. The first kappa shape index (κ1) is 11.8. The third kappa shape index (κ3) is 3.82. The number of hydrogen-bond donors (Lipinski definition) is 0. The van der Waals surface area contributed by atoms with Gasteiger partial charge in [-0.25, -0.2) is 0 Å². The van der Waals surface area contributed by atoms with E-state index < -0.39 is 0 Å². The molecule has 0 bridgehead atoms. The molecule has 3 heteroatoms. The lowest BCUT2D eigenvalue weighted by Gasteiger charge is -2.20. The summed E-state index contributed by atoms with van der Waals surface area (Å²) < 4.78 is 5.32. The first-order chi connectivity index (χ1) is 6.74. The van der Waals surface area contributed by atoms with Crippen LogP contribution in [0.4, 0.5) is 0 Å². The van der Waals surface area contributed by atoms with Gasteiger partial charge in [0.05, 0.1) is 6.61 Å². The van der Waals surface area contributed by atoms with E-state index in [1.807, 2.05) is 19.1 Å². The summed E-state index contributed by atoms with van der Waals surface area (Å²) >= 11 is 5.84. The van der Waals surface area contributed by atoms with E-state index in [1.54, 1.807) is 0 Å². The second-order valence-corrected chi connectivity index (χ2v) is 3.97. The molecule has 1 heterocycles. The van der Waals surface area contributed by atoms with Crippen LogP contribution in [0.25, 0.3) is 0 Å². The summed E-state index contributed by atoms with van der Waals surface area (Å²) in [6, 6.07) is 0.573. The maximum Gasteiger partial charge on any atom is 0.0622 e. The Kier molecular flexibility index (Phi) is 5.23. The molecule has 0 unspecified atom stereocenters. The molecular weight excluding hydrogens is 198 g/mol. The molecule has 0 spiro atoms. The number of allylic oxidation sites excluding steroid dienone is 3. The monoisotopic (exact) mass is 215 g/mol. The van der Waals surface area contributed by atoms with Crippen molar-refractivity contribution in [2.75, 3.05) is 26.8 Å². The molecule has 0 amide bonds. The Morgan fingerprint density at radius 3 is 3.00 bits per heavy atom. The van der Waals surface area contributed by atoms with Crippen LogP contribution in [-0.4, -0.2) is 37.7 Å². The summed E-state index contributed by atoms with van der Waals surface area (Å²) in [6.45, 7) is 4.62. The van der Waals surface area contributed by atoms with Crippen molar-refractivity contribution < 1.29 is 4.74 Å². The third-order valence-electron chi connectivity index (χ3n) is 2.48. The van der Waals surface area contributed by atoms with Crippen LogP contribution in [-0.2, 0) is 4.74 Å². The lowest BCUT2D eigenvalue weighted by molar-refractivity contribution is 0.165. The Morgan fingerprint density at radius 1 is 1.64 bits per heavy atom. The third-order valence-corrected chi connectivity index (χ3v) is 2.82. The van der Waals surface area contributed by atoms with Crippen molar-refractivity contribution >= 4 is 11.6 Å². The number of hydrogen-bond acceptors (Lipinski definition) is 2. The van der Waals surface area contributed by atoms with E-state index in [9.17, 15) is 0 Å². The van der Waals surface area contributed by atoms with E-state index in [0.717, 1.165) is 31.2 Å². The predicted octanol–water partition coefficient (Wildman–Crippen LogP) is 2.41. The van der Waals surface area contributed by atoms with Crippen LogP contribution < -0.4 is 0 Å². The van der Waals surface area contributed by atoms with Crippen LogP contribution in [0.15, 0.2) is 23.3 Å². The van der Waals surface area contributed by atoms with Gasteiger partial charge >= 0.3 is 0 Å². The fourth-order valence-corrected chi connectivity index (χ4v) is 1.54. The molecule has 0 aromatic rings. The molecule has 1 atom stereocenters. The van der Waals surface area contributed by atoms with Gasteiger partial charge in [-0.05, 0) is 26.5 Å². The summed E-state index contributed by atoms with van der Waals surface area (Å²) in [6.07, 6.45) is 7.05. The fourth-order valence-electron chi connectivity index (χ4n) is 1.45. The van der Waals surface area contributed by atoms with Crippen LogP contribution in [0.3, 0.4) is 0 Å². The Hall–Kier alpha value is -0.310. The zero-order chi connectivity index (χ0) is 10.4. The summed E-state index contributed by atoms with van der Waals surface area (Å²) in [5.74, 6) is 0. The molecule has 2 nitrogen and oxygen atoms in total. The number of nitrogens with zero attached hydrogens (tertiary/aromatic N) is 1. The van der Waals surface area contributed by atoms with E-state index >= 15 is 0 Å². The maximum absolute atomic E-state index is 5.84. The summed E-state index contributed by atoms with van der Waals surface area (Å²) in [5, 5.41) is 0.793. The molecule has 0 radical (unpaired) electrons. The first-order valence-electron chi connectivity index (χ1n) is 5.00.